The number of carbonyl (C=O) groups is 1. The number of nitrogens with one attached hydrogen (secondary N) is 2. The van der Waals surface area contributed by atoms with E-state index in [-0.39, 0.29) is 17.9 Å². The highest BCUT2D eigenvalue weighted by Crippen LogP contribution is 2.32. The van der Waals surface area contributed by atoms with Gasteiger partial charge in [-0.15, -0.1) is 0 Å². The fraction of sp³-hybridized carbons (Fsp3) is 0.385. The second-order valence-corrected chi connectivity index (χ2v) is 5.66. The molecular formula is C13H16ClN7O. The fourth-order valence-corrected chi connectivity index (χ4v) is 2.48. The Morgan fingerprint density at radius 1 is 1.45 bits per heavy atom. The molecule has 0 bridgehead atoms. The van der Waals surface area contributed by atoms with Crippen molar-refractivity contribution in [2.24, 2.45) is 18.7 Å². The number of aryl methyl sites for hydroxylation is 1. The molecule has 3 rings (SSSR count). The Hall–Kier alpha value is -2.35. The van der Waals surface area contributed by atoms with Gasteiger partial charge in [0.2, 0.25) is 11.9 Å². The number of hydrogen-bond acceptors (Lipinski definition) is 6. The van der Waals surface area contributed by atoms with Crippen LogP contribution >= 0.6 is 11.6 Å². The lowest BCUT2D eigenvalue weighted by molar-refractivity contribution is -0.124. The van der Waals surface area contributed by atoms with Crippen molar-refractivity contribution in [2.45, 2.75) is 18.9 Å². The minimum atomic E-state index is -0.303. The number of primary amides is 1. The summed E-state index contributed by atoms with van der Waals surface area (Å²) in [5, 5.41) is 10.7. The molecule has 0 saturated heterocycles. The van der Waals surface area contributed by atoms with Gasteiger partial charge >= 0.3 is 0 Å². The molecule has 0 unspecified atom stereocenters. The van der Waals surface area contributed by atoms with Gasteiger partial charge in [-0.2, -0.15) is 10.1 Å². The fourth-order valence-electron chi connectivity index (χ4n) is 2.33. The molecule has 2 atom stereocenters. The predicted molar refractivity (Wildman–Crippen MR) is 82.9 cm³/mol. The largest absolute Gasteiger partial charge is 0.369 e. The zero-order valence-electron chi connectivity index (χ0n) is 12.0. The van der Waals surface area contributed by atoms with E-state index in [1.165, 1.54) is 6.20 Å². The molecule has 1 fully saturated rings. The quantitative estimate of drug-likeness (QED) is 0.765. The summed E-state index contributed by atoms with van der Waals surface area (Å²) in [4.78, 5) is 19.7. The van der Waals surface area contributed by atoms with E-state index in [2.05, 4.69) is 25.7 Å². The van der Waals surface area contributed by atoms with E-state index < -0.39 is 0 Å². The maximum atomic E-state index is 11.3. The number of amides is 1. The summed E-state index contributed by atoms with van der Waals surface area (Å²) in [5.74, 6) is 0.400. The second kappa shape index (κ2) is 5.80. The molecule has 0 spiro atoms. The smallest absolute Gasteiger partial charge is 0.229 e. The molecular weight excluding hydrogens is 306 g/mol. The zero-order valence-corrected chi connectivity index (χ0v) is 12.7. The van der Waals surface area contributed by atoms with E-state index in [9.17, 15) is 4.79 Å². The number of carbonyl (C=O) groups excluding carboxylic acids is 1. The van der Waals surface area contributed by atoms with Crippen LogP contribution < -0.4 is 16.4 Å². The van der Waals surface area contributed by atoms with Crippen molar-refractivity contribution >= 4 is 35.0 Å². The third-order valence-electron chi connectivity index (χ3n) is 3.67. The van der Waals surface area contributed by atoms with Gasteiger partial charge in [-0.1, -0.05) is 11.6 Å². The highest BCUT2D eigenvalue weighted by atomic mass is 35.5. The molecule has 22 heavy (non-hydrogen) atoms. The molecule has 1 saturated carbocycles. The Morgan fingerprint density at radius 3 is 2.86 bits per heavy atom. The molecule has 8 nitrogen and oxygen atoms in total. The Kier molecular flexibility index (Phi) is 3.84. The second-order valence-electron chi connectivity index (χ2n) is 5.25. The number of hydrogen-bond donors (Lipinski definition) is 3. The van der Waals surface area contributed by atoms with Gasteiger partial charge in [-0.3, -0.25) is 9.48 Å². The van der Waals surface area contributed by atoms with Crippen LogP contribution in [0.3, 0.4) is 0 Å². The molecule has 2 aromatic heterocycles. The highest BCUT2D eigenvalue weighted by molar-refractivity contribution is 6.32. The van der Waals surface area contributed by atoms with Gasteiger partial charge in [0, 0.05) is 19.3 Å². The van der Waals surface area contributed by atoms with E-state index >= 15 is 0 Å². The number of aromatic nitrogens is 4. The maximum absolute atomic E-state index is 11.3. The number of halogens is 1. The standard InChI is InChI=1S/C13H16ClN7O/c1-21-6-7(4-17-21)18-13-16-5-9(14)12(20-13)19-10-3-2-8(10)11(15)22/h4-6,8,10H,2-3H2,1H3,(H2,15,22)(H2,16,18,19,20)/t8-,10+/m1/s1. The van der Waals surface area contributed by atoms with E-state index in [1.54, 1.807) is 17.1 Å². The number of rotatable bonds is 5. The molecule has 0 aromatic carbocycles. The van der Waals surface area contributed by atoms with E-state index in [4.69, 9.17) is 17.3 Å². The third-order valence-corrected chi connectivity index (χ3v) is 3.94. The third kappa shape index (κ3) is 2.96. The van der Waals surface area contributed by atoms with Gasteiger partial charge in [-0.05, 0) is 12.8 Å². The monoisotopic (exact) mass is 321 g/mol. The highest BCUT2D eigenvalue weighted by Gasteiger charge is 2.35. The molecule has 2 aromatic rings. The SMILES string of the molecule is Cn1cc(Nc2ncc(Cl)c(N[C@H]3CC[C@H]3C(N)=O)n2)cn1. The molecule has 0 aliphatic heterocycles. The zero-order chi connectivity index (χ0) is 15.7. The van der Waals surface area contributed by atoms with Crippen LogP contribution in [-0.4, -0.2) is 31.7 Å². The maximum Gasteiger partial charge on any atom is 0.229 e. The molecule has 1 amide bonds. The predicted octanol–water partition coefficient (Wildman–Crippen LogP) is 1.28. The average molecular weight is 322 g/mol. The normalized spacial score (nSPS) is 20.3. The average Bonchev–Trinajstić information content (AvgIpc) is 2.82. The topological polar surface area (TPSA) is 111 Å². The molecule has 1 aliphatic rings. The Morgan fingerprint density at radius 2 is 2.27 bits per heavy atom. The van der Waals surface area contributed by atoms with Crippen molar-refractivity contribution in [1.82, 2.24) is 19.7 Å². The van der Waals surface area contributed by atoms with Gasteiger partial charge in [0.1, 0.15) is 5.02 Å². The van der Waals surface area contributed by atoms with Crippen molar-refractivity contribution in [1.29, 1.82) is 0 Å². The number of anilines is 3. The summed E-state index contributed by atoms with van der Waals surface area (Å²) in [5.41, 5.74) is 6.12. The van der Waals surface area contributed by atoms with Crippen molar-refractivity contribution < 1.29 is 4.79 Å². The van der Waals surface area contributed by atoms with Crippen LogP contribution in [0.25, 0.3) is 0 Å². The van der Waals surface area contributed by atoms with E-state index in [1.807, 2.05) is 7.05 Å². The lowest BCUT2D eigenvalue weighted by Crippen LogP contribution is -2.46. The van der Waals surface area contributed by atoms with Crippen LogP contribution in [0.4, 0.5) is 17.5 Å². The first kappa shape index (κ1) is 14.6. The van der Waals surface area contributed by atoms with Gasteiger partial charge in [-0.25, -0.2) is 4.98 Å². The Labute approximate surface area is 132 Å². The molecule has 4 N–H and O–H groups in total. The Balaban J connectivity index is 1.74. The van der Waals surface area contributed by atoms with Crippen molar-refractivity contribution in [3.8, 4) is 0 Å². The summed E-state index contributed by atoms with van der Waals surface area (Å²) in [6.45, 7) is 0. The first-order valence-corrected chi connectivity index (χ1v) is 7.25. The summed E-state index contributed by atoms with van der Waals surface area (Å²) < 4.78 is 1.67. The van der Waals surface area contributed by atoms with Gasteiger partial charge < -0.3 is 16.4 Å². The summed E-state index contributed by atoms with van der Waals surface area (Å²) in [7, 11) is 1.82. The minimum Gasteiger partial charge on any atom is -0.369 e. The van der Waals surface area contributed by atoms with E-state index in [0.717, 1.165) is 18.5 Å². The molecule has 1 aliphatic carbocycles. The summed E-state index contributed by atoms with van der Waals surface area (Å²) in [6.07, 6.45) is 6.63. The molecule has 0 radical (unpaired) electrons. The summed E-state index contributed by atoms with van der Waals surface area (Å²) in [6, 6.07) is -0.0314. The first-order valence-electron chi connectivity index (χ1n) is 6.87. The van der Waals surface area contributed by atoms with Crippen LogP contribution in [0.15, 0.2) is 18.6 Å². The van der Waals surface area contributed by atoms with Crippen molar-refractivity contribution in [3.63, 3.8) is 0 Å². The van der Waals surface area contributed by atoms with Gasteiger partial charge in [0.15, 0.2) is 5.82 Å². The lowest BCUT2D eigenvalue weighted by Gasteiger charge is -2.35. The van der Waals surface area contributed by atoms with Crippen LogP contribution in [0.5, 0.6) is 0 Å². The van der Waals surface area contributed by atoms with Gasteiger partial charge in [0.05, 0.1) is 24.0 Å². The summed E-state index contributed by atoms with van der Waals surface area (Å²) >= 11 is 6.11. The first-order chi connectivity index (χ1) is 10.5. The minimum absolute atomic E-state index is 0.0314. The van der Waals surface area contributed by atoms with Crippen LogP contribution in [0.2, 0.25) is 5.02 Å². The van der Waals surface area contributed by atoms with Crippen LogP contribution in [0, 0.1) is 5.92 Å². The molecule has 2 heterocycles. The molecule has 9 heteroatoms. The lowest BCUT2D eigenvalue weighted by atomic mass is 9.79. The number of nitrogens with zero attached hydrogens (tertiary/aromatic N) is 4. The molecule has 116 valence electrons. The van der Waals surface area contributed by atoms with Crippen molar-refractivity contribution in [2.75, 3.05) is 10.6 Å². The number of nitrogens with two attached hydrogens (primary N) is 1. The Bertz CT molecular complexity index is 701. The van der Waals surface area contributed by atoms with Crippen molar-refractivity contribution in [3.05, 3.63) is 23.6 Å². The van der Waals surface area contributed by atoms with Crippen LogP contribution in [0.1, 0.15) is 12.8 Å². The van der Waals surface area contributed by atoms with E-state index in [0.29, 0.717) is 16.8 Å². The van der Waals surface area contributed by atoms with Gasteiger partial charge in [0.25, 0.3) is 0 Å². The van der Waals surface area contributed by atoms with Crippen LogP contribution in [-0.2, 0) is 11.8 Å².